The number of rotatable bonds is 8. The van der Waals surface area contributed by atoms with Crippen LogP contribution >= 0.6 is 15.9 Å². The van der Waals surface area contributed by atoms with E-state index in [2.05, 4.69) is 15.9 Å². The summed E-state index contributed by atoms with van der Waals surface area (Å²) >= 11 is 3.34. The molecule has 0 aliphatic carbocycles. The van der Waals surface area contributed by atoms with E-state index >= 15 is 0 Å². The predicted octanol–water partition coefficient (Wildman–Crippen LogP) is 4.45. The van der Waals surface area contributed by atoms with Crippen LogP contribution in [0.25, 0.3) is 0 Å². The summed E-state index contributed by atoms with van der Waals surface area (Å²) in [7, 11) is 0. The molecule has 110 valence electrons. The largest absolute Gasteiger partial charge is 0.381 e. The molecule has 3 heteroatoms. The summed E-state index contributed by atoms with van der Waals surface area (Å²) < 4.78 is 5.52. The van der Waals surface area contributed by atoms with Crippen LogP contribution in [0.15, 0.2) is 60.7 Å². The van der Waals surface area contributed by atoms with Gasteiger partial charge < -0.3 is 4.74 Å². The van der Waals surface area contributed by atoms with Crippen LogP contribution in [-0.4, -0.2) is 24.3 Å². The molecule has 0 bridgehead atoms. The van der Waals surface area contributed by atoms with Gasteiger partial charge in [-0.3, -0.25) is 4.79 Å². The third-order valence-corrected chi connectivity index (χ3v) is 3.67. The van der Waals surface area contributed by atoms with E-state index in [1.807, 2.05) is 60.7 Å². The zero-order valence-electron chi connectivity index (χ0n) is 11.9. The van der Waals surface area contributed by atoms with E-state index < -0.39 is 0 Å². The predicted molar refractivity (Wildman–Crippen MR) is 89.2 cm³/mol. The molecule has 0 aliphatic rings. The summed E-state index contributed by atoms with van der Waals surface area (Å²) in [5, 5.41) is 0.815. The van der Waals surface area contributed by atoms with Gasteiger partial charge in [-0.2, -0.15) is 0 Å². The number of benzene rings is 2. The molecule has 0 fully saturated rings. The minimum Gasteiger partial charge on any atom is -0.381 e. The molecular weight excluding hydrogens is 328 g/mol. The number of alkyl halides is 1. The fraction of sp³-hybridized carbons (Fsp3) is 0.278. The Bertz CT molecular complexity index is 540. The average molecular weight is 347 g/mol. The maximum atomic E-state index is 12.7. The van der Waals surface area contributed by atoms with Gasteiger partial charge in [0.15, 0.2) is 5.78 Å². The maximum Gasteiger partial charge on any atom is 0.170 e. The van der Waals surface area contributed by atoms with Crippen molar-refractivity contribution in [1.29, 1.82) is 0 Å². The van der Waals surface area contributed by atoms with Gasteiger partial charge in [-0.05, 0) is 12.0 Å². The molecule has 0 aliphatic heterocycles. The van der Waals surface area contributed by atoms with E-state index in [0.29, 0.717) is 19.6 Å². The highest BCUT2D eigenvalue weighted by Gasteiger charge is 2.21. The van der Waals surface area contributed by atoms with Gasteiger partial charge in [0.05, 0.1) is 6.61 Å². The summed E-state index contributed by atoms with van der Waals surface area (Å²) in [5.41, 5.74) is 1.81. The number of carbonyl (C=O) groups is 1. The van der Waals surface area contributed by atoms with E-state index in [1.54, 1.807) is 0 Å². The van der Waals surface area contributed by atoms with Crippen molar-refractivity contribution in [3.63, 3.8) is 0 Å². The second-order valence-electron chi connectivity index (χ2n) is 4.78. The highest BCUT2D eigenvalue weighted by atomic mass is 79.9. The lowest BCUT2D eigenvalue weighted by molar-refractivity contribution is 0.0914. The Labute approximate surface area is 134 Å². The van der Waals surface area contributed by atoms with Crippen molar-refractivity contribution >= 4 is 21.7 Å². The third-order valence-electron chi connectivity index (χ3n) is 3.35. The molecule has 21 heavy (non-hydrogen) atoms. The lowest BCUT2D eigenvalue weighted by Gasteiger charge is -2.16. The fourth-order valence-electron chi connectivity index (χ4n) is 2.30. The van der Waals surface area contributed by atoms with E-state index in [-0.39, 0.29) is 11.7 Å². The van der Waals surface area contributed by atoms with Crippen LogP contribution in [0.2, 0.25) is 0 Å². The van der Waals surface area contributed by atoms with Crippen molar-refractivity contribution < 1.29 is 9.53 Å². The van der Waals surface area contributed by atoms with E-state index in [9.17, 15) is 4.79 Å². The Morgan fingerprint density at radius 2 is 1.57 bits per heavy atom. The van der Waals surface area contributed by atoms with E-state index in [4.69, 9.17) is 4.74 Å². The van der Waals surface area contributed by atoms with Crippen LogP contribution in [0.4, 0.5) is 0 Å². The van der Waals surface area contributed by atoms with Crippen LogP contribution < -0.4 is 0 Å². The second kappa shape index (κ2) is 8.75. The minimum atomic E-state index is -0.149. The maximum absolute atomic E-state index is 12.7. The normalized spacial score (nSPS) is 12.0. The fourth-order valence-corrected chi connectivity index (χ4v) is 2.52. The molecule has 0 heterocycles. The smallest absolute Gasteiger partial charge is 0.170 e. The van der Waals surface area contributed by atoms with Crippen LogP contribution in [0.1, 0.15) is 28.3 Å². The van der Waals surface area contributed by atoms with Gasteiger partial charge in [-0.25, -0.2) is 0 Å². The number of Topliss-reactive ketones (excluding diaryl/α,β-unsaturated/α-hetero) is 1. The summed E-state index contributed by atoms with van der Waals surface area (Å²) in [5.74, 6) is 0.00756. The summed E-state index contributed by atoms with van der Waals surface area (Å²) in [4.78, 5) is 12.7. The Hall–Kier alpha value is -1.45. The number of ketones is 1. The number of carbonyl (C=O) groups excluding carboxylic acids is 1. The first-order chi connectivity index (χ1) is 10.3. The number of ether oxygens (including phenoxy) is 1. The molecule has 0 saturated carbocycles. The van der Waals surface area contributed by atoms with Gasteiger partial charge in [0.2, 0.25) is 0 Å². The first-order valence-electron chi connectivity index (χ1n) is 7.11. The Kier molecular flexibility index (Phi) is 6.64. The van der Waals surface area contributed by atoms with Gasteiger partial charge in [0, 0.05) is 23.4 Å². The van der Waals surface area contributed by atoms with Gasteiger partial charge in [0.25, 0.3) is 0 Å². The highest BCUT2D eigenvalue weighted by Crippen LogP contribution is 2.24. The molecule has 1 unspecified atom stereocenters. The third kappa shape index (κ3) is 4.80. The van der Waals surface area contributed by atoms with Crippen LogP contribution in [0.3, 0.4) is 0 Å². The van der Waals surface area contributed by atoms with E-state index in [1.165, 1.54) is 0 Å². The van der Waals surface area contributed by atoms with Crippen LogP contribution in [-0.2, 0) is 4.74 Å². The van der Waals surface area contributed by atoms with Crippen molar-refractivity contribution in [2.45, 2.75) is 12.3 Å². The van der Waals surface area contributed by atoms with Crippen LogP contribution in [0, 0.1) is 0 Å². The van der Waals surface area contributed by atoms with E-state index in [0.717, 1.165) is 16.5 Å². The van der Waals surface area contributed by atoms with Crippen molar-refractivity contribution in [3.05, 3.63) is 71.8 Å². The van der Waals surface area contributed by atoms with Crippen LogP contribution in [0.5, 0.6) is 0 Å². The zero-order valence-corrected chi connectivity index (χ0v) is 13.5. The monoisotopic (exact) mass is 346 g/mol. The second-order valence-corrected chi connectivity index (χ2v) is 5.58. The molecule has 0 spiro atoms. The van der Waals surface area contributed by atoms with Crippen molar-refractivity contribution in [3.8, 4) is 0 Å². The lowest BCUT2D eigenvalue weighted by Crippen LogP contribution is -2.15. The molecule has 2 rings (SSSR count). The molecule has 0 saturated heterocycles. The topological polar surface area (TPSA) is 26.3 Å². The highest BCUT2D eigenvalue weighted by molar-refractivity contribution is 9.09. The van der Waals surface area contributed by atoms with Gasteiger partial charge in [-0.1, -0.05) is 76.6 Å². The zero-order chi connectivity index (χ0) is 14.9. The molecule has 2 nitrogen and oxygen atoms in total. The molecule has 0 aromatic heterocycles. The number of hydrogen-bond acceptors (Lipinski definition) is 2. The van der Waals surface area contributed by atoms with Crippen molar-refractivity contribution in [2.24, 2.45) is 0 Å². The van der Waals surface area contributed by atoms with Gasteiger partial charge in [0.1, 0.15) is 0 Å². The SMILES string of the molecule is O=C(c1ccccc1)C(CCOCCBr)c1ccccc1. The quantitative estimate of drug-likeness (QED) is 0.401. The molecule has 2 aromatic rings. The molecule has 2 aromatic carbocycles. The number of halogens is 1. The summed E-state index contributed by atoms with van der Waals surface area (Å²) in [6.07, 6.45) is 0.699. The lowest BCUT2D eigenvalue weighted by atomic mass is 9.88. The van der Waals surface area contributed by atoms with Crippen molar-refractivity contribution in [1.82, 2.24) is 0 Å². The number of hydrogen-bond donors (Lipinski definition) is 0. The summed E-state index contributed by atoms with van der Waals surface area (Å²) in [6.45, 7) is 1.25. The average Bonchev–Trinajstić information content (AvgIpc) is 2.56. The molecule has 0 N–H and O–H groups in total. The standard InChI is InChI=1S/C18H19BrO2/c19-12-14-21-13-11-17(15-7-3-1-4-8-15)18(20)16-9-5-2-6-10-16/h1-10,17H,11-14H2. The van der Waals surface area contributed by atoms with Crippen molar-refractivity contribution in [2.75, 3.05) is 18.5 Å². The Balaban J connectivity index is 2.14. The minimum absolute atomic E-state index is 0.149. The first-order valence-corrected chi connectivity index (χ1v) is 8.23. The molecule has 0 radical (unpaired) electrons. The van der Waals surface area contributed by atoms with Gasteiger partial charge in [-0.15, -0.1) is 0 Å². The Morgan fingerprint density at radius 3 is 2.19 bits per heavy atom. The van der Waals surface area contributed by atoms with Gasteiger partial charge >= 0.3 is 0 Å². The Morgan fingerprint density at radius 1 is 0.952 bits per heavy atom. The molecular formula is C18H19BrO2. The molecule has 1 atom stereocenters. The molecule has 0 amide bonds. The first kappa shape index (κ1) is 15.9. The summed E-state index contributed by atoms with van der Waals surface area (Å²) in [6, 6.07) is 19.4.